The van der Waals surface area contributed by atoms with Gasteiger partial charge in [-0.15, -0.1) is 0 Å². The Kier molecular flexibility index (Phi) is 6.93. The molecule has 0 saturated carbocycles. The van der Waals surface area contributed by atoms with Crippen molar-refractivity contribution >= 4 is 11.6 Å². The molecule has 144 valence electrons. The molecule has 0 aromatic heterocycles. The minimum Gasteiger partial charge on any atom is -0.489 e. The average molecular weight is 370 g/mol. The van der Waals surface area contributed by atoms with Crippen LogP contribution in [0.5, 0.6) is 17.2 Å². The van der Waals surface area contributed by atoms with Crippen LogP contribution >= 0.6 is 0 Å². The molecule has 0 aliphatic carbocycles. The molecule has 0 fully saturated rings. The molecule has 0 bridgehead atoms. The maximum atomic E-state index is 12.1. The van der Waals surface area contributed by atoms with Crippen LogP contribution in [0.25, 0.3) is 0 Å². The minimum absolute atomic E-state index is 0.0385. The van der Waals surface area contributed by atoms with Crippen LogP contribution in [0.15, 0.2) is 42.5 Å². The Bertz CT molecular complexity index is 764. The number of ether oxygens (including phenoxy) is 3. The van der Waals surface area contributed by atoms with E-state index < -0.39 is 0 Å². The summed E-state index contributed by atoms with van der Waals surface area (Å²) in [6, 6.07) is 13.2. The van der Waals surface area contributed by atoms with Gasteiger partial charge in [-0.3, -0.25) is 4.79 Å². The van der Waals surface area contributed by atoms with Gasteiger partial charge in [0, 0.05) is 18.2 Å². The highest BCUT2D eigenvalue weighted by molar-refractivity contribution is 5.90. The summed E-state index contributed by atoms with van der Waals surface area (Å²) in [4.78, 5) is 12.1. The van der Waals surface area contributed by atoms with Gasteiger partial charge >= 0.3 is 0 Å². The zero-order valence-electron chi connectivity index (χ0n) is 15.4. The van der Waals surface area contributed by atoms with E-state index in [9.17, 15) is 4.79 Å². The average Bonchev–Trinajstić information content (AvgIpc) is 3.14. The number of nitrogens with one attached hydrogen (secondary N) is 1. The topological polar surface area (TPSA) is 82.8 Å². The van der Waals surface area contributed by atoms with Crippen molar-refractivity contribution in [3.63, 3.8) is 0 Å². The molecule has 2 aromatic carbocycles. The van der Waals surface area contributed by atoms with Crippen LogP contribution in [-0.4, -0.2) is 19.2 Å². The third-order valence-electron chi connectivity index (χ3n) is 4.32. The standard InChI is InChI=1S/C21H26N2O4/c22-11-4-2-1-3-8-21(24)23-17-7-5-6-16(12-17)14-25-18-9-10-19-20(13-18)27-15-26-19/h5-7,9-10,12-13H,1-4,8,11,14-15,22H2,(H,23,24). The zero-order chi connectivity index (χ0) is 18.9. The normalized spacial score (nSPS) is 12.0. The van der Waals surface area contributed by atoms with Crippen molar-refractivity contribution in [3.8, 4) is 17.2 Å². The van der Waals surface area contributed by atoms with E-state index in [1.54, 1.807) is 0 Å². The molecule has 0 unspecified atom stereocenters. The maximum absolute atomic E-state index is 12.1. The Morgan fingerprint density at radius 1 is 1.04 bits per heavy atom. The second-order valence-electron chi connectivity index (χ2n) is 6.51. The minimum atomic E-state index is 0.0385. The number of carbonyl (C=O) groups is 1. The molecule has 3 rings (SSSR count). The van der Waals surface area contributed by atoms with E-state index in [2.05, 4.69) is 5.32 Å². The predicted octanol–water partition coefficient (Wildman–Crippen LogP) is 3.84. The number of anilines is 1. The molecule has 6 nitrogen and oxygen atoms in total. The lowest BCUT2D eigenvalue weighted by Crippen LogP contribution is -2.11. The molecule has 2 aromatic rings. The highest BCUT2D eigenvalue weighted by Crippen LogP contribution is 2.35. The maximum Gasteiger partial charge on any atom is 0.231 e. The second kappa shape index (κ2) is 9.83. The number of amides is 1. The van der Waals surface area contributed by atoms with Crippen LogP contribution in [0, 0.1) is 0 Å². The van der Waals surface area contributed by atoms with Crippen LogP contribution in [0.4, 0.5) is 5.69 Å². The van der Waals surface area contributed by atoms with Gasteiger partial charge in [0.2, 0.25) is 12.7 Å². The van der Waals surface area contributed by atoms with E-state index in [0.29, 0.717) is 31.1 Å². The number of unbranched alkanes of at least 4 members (excludes halogenated alkanes) is 3. The summed E-state index contributed by atoms with van der Waals surface area (Å²) >= 11 is 0. The molecular weight excluding hydrogens is 344 g/mol. The van der Waals surface area contributed by atoms with Gasteiger partial charge in [-0.1, -0.05) is 25.0 Å². The molecule has 0 spiro atoms. The summed E-state index contributed by atoms with van der Waals surface area (Å²) in [7, 11) is 0. The molecule has 1 aliphatic heterocycles. The fourth-order valence-corrected chi connectivity index (χ4v) is 2.88. The Balaban J connectivity index is 1.46. The smallest absolute Gasteiger partial charge is 0.231 e. The fraction of sp³-hybridized carbons (Fsp3) is 0.381. The summed E-state index contributed by atoms with van der Waals surface area (Å²) in [5.41, 5.74) is 7.24. The summed E-state index contributed by atoms with van der Waals surface area (Å²) in [5, 5.41) is 2.95. The van der Waals surface area contributed by atoms with Crippen LogP contribution in [0.1, 0.15) is 37.7 Å². The molecule has 1 amide bonds. The predicted molar refractivity (Wildman–Crippen MR) is 104 cm³/mol. The lowest BCUT2D eigenvalue weighted by Gasteiger charge is -2.10. The third-order valence-corrected chi connectivity index (χ3v) is 4.32. The number of fused-ring (bicyclic) bond motifs is 1. The van der Waals surface area contributed by atoms with Gasteiger partial charge in [-0.05, 0) is 49.2 Å². The lowest BCUT2D eigenvalue weighted by atomic mass is 10.1. The van der Waals surface area contributed by atoms with Crippen LogP contribution < -0.4 is 25.3 Å². The van der Waals surface area contributed by atoms with Gasteiger partial charge in [-0.25, -0.2) is 0 Å². The first-order valence-corrected chi connectivity index (χ1v) is 9.36. The van der Waals surface area contributed by atoms with E-state index in [4.69, 9.17) is 19.9 Å². The highest BCUT2D eigenvalue weighted by atomic mass is 16.7. The number of hydrogen-bond donors (Lipinski definition) is 2. The van der Waals surface area contributed by atoms with Gasteiger partial charge in [0.25, 0.3) is 0 Å². The molecule has 27 heavy (non-hydrogen) atoms. The first-order valence-electron chi connectivity index (χ1n) is 9.36. The fourth-order valence-electron chi connectivity index (χ4n) is 2.88. The van der Waals surface area contributed by atoms with Crippen molar-refractivity contribution in [2.75, 3.05) is 18.7 Å². The molecule has 1 heterocycles. The quantitative estimate of drug-likeness (QED) is 0.621. The molecular formula is C21H26N2O4. The van der Waals surface area contributed by atoms with E-state index in [-0.39, 0.29) is 12.7 Å². The number of hydrogen-bond acceptors (Lipinski definition) is 5. The molecule has 0 atom stereocenters. The summed E-state index contributed by atoms with van der Waals surface area (Å²) in [6.07, 6.45) is 4.55. The van der Waals surface area contributed by atoms with E-state index in [1.165, 1.54) is 0 Å². The molecule has 0 saturated heterocycles. The largest absolute Gasteiger partial charge is 0.489 e. The van der Waals surface area contributed by atoms with Gasteiger partial charge in [0.15, 0.2) is 11.5 Å². The second-order valence-corrected chi connectivity index (χ2v) is 6.51. The van der Waals surface area contributed by atoms with E-state index in [0.717, 1.165) is 42.7 Å². The Morgan fingerprint density at radius 3 is 2.78 bits per heavy atom. The summed E-state index contributed by atoms with van der Waals surface area (Å²) in [6.45, 7) is 1.36. The number of rotatable bonds is 10. The Labute approximate surface area is 159 Å². The van der Waals surface area contributed by atoms with Gasteiger partial charge in [0.1, 0.15) is 12.4 Å². The first kappa shape index (κ1) is 19.0. The van der Waals surface area contributed by atoms with Crippen molar-refractivity contribution in [1.29, 1.82) is 0 Å². The number of carbonyl (C=O) groups excluding carboxylic acids is 1. The van der Waals surface area contributed by atoms with Crippen molar-refractivity contribution in [2.24, 2.45) is 5.73 Å². The number of nitrogens with two attached hydrogens (primary N) is 1. The Hall–Kier alpha value is -2.73. The van der Waals surface area contributed by atoms with Crippen molar-refractivity contribution in [1.82, 2.24) is 0 Å². The van der Waals surface area contributed by atoms with Crippen LogP contribution in [0.2, 0.25) is 0 Å². The van der Waals surface area contributed by atoms with E-state index in [1.807, 2.05) is 42.5 Å². The summed E-state index contributed by atoms with van der Waals surface area (Å²) in [5.74, 6) is 2.18. The molecule has 0 radical (unpaired) electrons. The SMILES string of the molecule is NCCCCCCC(=O)Nc1cccc(COc2ccc3c(c2)OCO3)c1. The molecule has 1 aliphatic rings. The highest BCUT2D eigenvalue weighted by Gasteiger charge is 2.13. The van der Waals surface area contributed by atoms with Crippen molar-refractivity contribution < 1.29 is 19.0 Å². The van der Waals surface area contributed by atoms with Gasteiger partial charge in [-0.2, -0.15) is 0 Å². The molecule has 6 heteroatoms. The van der Waals surface area contributed by atoms with E-state index >= 15 is 0 Å². The Morgan fingerprint density at radius 2 is 1.89 bits per heavy atom. The van der Waals surface area contributed by atoms with Gasteiger partial charge in [0.05, 0.1) is 0 Å². The molecule has 3 N–H and O–H groups in total. The lowest BCUT2D eigenvalue weighted by molar-refractivity contribution is -0.116. The van der Waals surface area contributed by atoms with Crippen LogP contribution in [-0.2, 0) is 11.4 Å². The third kappa shape index (κ3) is 5.89. The first-order chi connectivity index (χ1) is 13.2. The van der Waals surface area contributed by atoms with Crippen molar-refractivity contribution in [3.05, 3.63) is 48.0 Å². The van der Waals surface area contributed by atoms with Crippen LogP contribution in [0.3, 0.4) is 0 Å². The van der Waals surface area contributed by atoms with Gasteiger partial charge < -0.3 is 25.3 Å². The van der Waals surface area contributed by atoms with Crippen molar-refractivity contribution in [2.45, 2.75) is 38.7 Å². The zero-order valence-corrected chi connectivity index (χ0v) is 15.4. The number of benzene rings is 2. The monoisotopic (exact) mass is 370 g/mol. The summed E-state index contributed by atoms with van der Waals surface area (Å²) < 4.78 is 16.5.